The van der Waals surface area contributed by atoms with Crippen molar-refractivity contribution < 1.29 is 9.47 Å². The molecule has 0 aliphatic heterocycles. The number of ether oxygens (including phenoxy) is 2. The van der Waals surface area contributed by atoms with Crippen LogP contribution in [0.4, 0.5) is 0 Å². The van der Waals surface area contributed by atoms with Crippen LogP contribution in [0.15, 0.2) is 18.2 Å². The molecule has 0 unspecified atom stereocenters. The first-order valence-corrected chi connectivity index (χ1v) is 5.44. The van der Waals surface area contributed by atoms with Gasteiger partial charge in [-0.15, -0.1) is 0 Å². The molecule has 0 amide bonds. The predicted molar refractivity (Wildman–Crippen MR) is 64.9 cm³/mol. The molecule has 90 valence electrons. The summed E-state index contributed by atoms with van der Waals surface area (Å²) in [6, 6.07) is 5.88. The van der Waals surface area contributed by atoms with Gasteiger partial charge >= 0.3 is 0 Å². The Labute approximate surface area is 96.7 Å². The number of nitrogens with two attached hydrogens (primary N) is 1. The molecule has 0 radical (unpaired) electrons. The van der Waals surface area contributed by atoms with Crippen LogP contribution in [0.3, 0.4) is 0 Å². The molecule has 0 aliphatic rings. The maximum Gasteiger partial charge on any atom is 0.165 e. The van der Waals surface area contributed by atoms with Gasteiger partial charge in [0, 0.05) is 12.1 Å². The summed E-state index contributed by atoms with van der Waals surface area (Å²) in [6.07, 6.45) is 0.978. The zero-order valence-corrected chi connectivity index (χ0v) is 9.95. The first-order valence-electron chi connectivity index (χ1n) is 5.44. The molecule has 0 bridgehead atoms. The fraction of sp³-hybridized carbons (Fsp3) is 0.500. The number of methoxy groups -OCH3 is 2. The topological polar surface area (TPSA) is 56.5 Å². The molecule has 0 spiro atoms. The summed E-state index contributed by atoms with van der Waals surface area (Å²) < 4.78 is 10.6. The summed E-state index contributed by atoms with van der Waals surface area (Å²) in [7, 11) is 3.30. The largest absolute Gasteiger partial charge is 0.493 e. The van der Waals surface area contributed by atoms with Crippen molar-refractivity contribution in [3.63, 3.8) is 0 Å². The van der Waals surface area contributed by atoms with Crippen LogP contribution in [-0.2, 0) is 6.54 Å². The van der Waals surface area contributed by atoms with Gasteiger partial charge in [0.1, 0.15) is 0 Å². The van der Waals surface area contributed by atoms with E-state index in [9.17, 15) is 0 Å². The molecule has 3 N–H and O–H groups in total. The predicted octanol–water partition coefficient (Wildman–Crippen LogP) is 1.14. The van der Waals surface area contributed by atoms with Crippen molar-refractivity contribution >= 4 is 0 Å². The van der Waals surface area contributed by atoms with Crippen molar-refractivity contribution in [1.29, 1.82) is 0 Å². The van der Waals surface area contributed by atoms with Crippen LogP contribution in [0.25, 0.3) is 0 Å². The van der Waals surface area contributed by atoms with Crippen LogP contribution in [0.5, 0.6) is 11.5 Å². The van der Waals surface area contributed by atoms with Crippen LogP contribution < -0.4 is 20.5 Å². The van der Waals surface area contributed by atoms with E-state index in [1.54, 1.807) is 14.2 Å². The highest BCUT2D eigenvalue weighted by atomic mass is 16.5. The van der Waals surface area contributed by atoms with Gasteiger partial charge in [-0.2, -0.15) is 0 Å². The molecule has 0 saturated heterocycles. The maximum atomic E-state index is 5.42. The molecular formula is C12H20N2O2. The first kappa shape index (κ1) is 12.8. The van der Waals surface area contributed by atoms with E-state index in [-0.39, 0.29) is 0 Å². The zero-order chi connectivity index (χ0) is 11.8. The minimum absolute atomic E-state index is 0.711. The van der Waals surface area contributed by atoms with Crippen molar-refractivity contribution in [1.82, 2.24) is 5.32 Å². The lowest BCUT2D eigenvalue weighted by atomic mass is 10.2. The van der Waals surface area contributed by atoms with Crippen LogP contribution in [-0.4, -0.2) is 27.3 Å². The molecule has 0 aromatic heterocycles. The Kier molecular flexibility index (Phi) is 5.67. The van der Waals surface area contributed by atoms with E-state index in [1.807, 2.05) is 18.2 Å². The van der Waals surface area contributed by atoms with Crippen LogP contribution in [0.2, 0.25) is 0 Å². The molecule has 0 atom stereocenters. The van der Waals surface area contributed by atoms with Gasteiger partial charge in [-0.1, -0.05) is 12.1 Å². The van der Waals surface area contributed by atoms with Crippen LogP contribution >= 0.6 is 0 Å². The quantitative estimate of drug-likeness (QED) is 0.682. The molecule has 0 fully saturated rings. The Balaban J connectivity index is 2.63. The van der Waals surface area contributed by atoms with Crippen LogP contribution in [0.1, 0.15) is 12.0 Å². The SMILES string of the molecule is COc1cccc(CNCCCN)c1OC. The van der Waals surface area contributed by atoms with E-state index in [0.717, 1.165) is 36.6 Å². The molecule has 0 saturated carbocycles. The highest BCUT2D eigenvalue weighted by Gasteiger charge is 2.08. The zero-order valence-electron chi connectivity index (χ0n) is 9.95. The van der Waals surface area contributed by atoms with Gasteiger partial charge in [-0.05, 0) is 25.6 Å². The average Bonchev–Trinajstić information content (AvgIpc) is 2.34. The second-order valence-corrected chi connectivity index (χ2v) is 3.47. The van der Waals surface area contributed by atoms with Crippen molar-refractivity contribution in [2.45, 2.75) is 13.0 Å². The molecule has 1 aromatic carbocycles. The number of benzene rings is 1. The van der Waals surface area contributed by atoms with E-state index in [2.05, 4.69) is 5.32 Å². The van der Waals surface area contributed by atoms with Crippen molar-refractivity contribution in [3.05, 3.63) is 23.8 Å². The van der Waals surface area contributed by atoms with Gasteiger partial charge in [-0.25, -0.2) is 0 Å². The number of para-hydroxylation sites is 1. The van der Waals surface area contributed by atoms with Gasteiger partial charge in [0.2, 0.25) is 0 Å². The monoisotopic (exact) mass is 224 g/mol. The van der Waals surface area contributed by atoms with E-state index < -0.39 is 0 Å². The lowest BCUT2D eigenvalue weighted by molar-refractivity contribution is 0.350. The van der Waals surface area contributed by atoms with E-state index in [0.29, 0.717) is 6.54 Å². The Hall–Kier alpha value is -1.26. The van der Waals surface area contributed by atoms with E-state index >= 15 is 0 Å². The Morgan fingerprint density at radius 1 is 1.25 bits per heavy atom. The molecule has 4 heteroatoms. The highest BCUT2D eigenvalue weighted by molar-refractivity contribution is 5.46. The summed E-state index contributed by atoms with van der Waals surface area (Å²) in [5.74, 6) is 1.56. The van der Waals surface area contributed by atoms with Gasteiger partial charge in [0.15, 0.2) is 11.5 Å². The molecule has 16 heavy (non-hydrogen) atoms. The Morgan fingerprint density at radius 3 is 2.69 bits per heavy atom. The van der Waals surface area contributed by atoms with Crippen molar-refractivity contribution in [2.24, 2.45) is 5.73 Å². The molecule has 1 rings (SSSR count). The third kappa shape index (κ3) is 3.40. The summed E-state index contributed by atoms with van der Waals surface area (Å²) in [5.41, 5.74) is 6.52. The molecule has 1 aromatic rings. The normalized spacial score (nSPS) is 10.2. The summed E-state index contributed by atoms with van der Waals surface area (Å²) in [6.45, 7) is 2.39. The fourth-order valence-electron chi connectivity index (χ4n) is 1.54. The summed E-state index contributed by atoms with van der Waals surface area (Å²) in [4.78, 5) is 0. The maximum absolute atomic E-state index is 5.42. The van der Waals surface area contributed by atoms with E-state index in [1.165, 1.54) is 0 Å². The van der Waals surface area contributed by atoms with Gasteiger partial charge < -0.3 is 20.5 Å². The molecule has 0 aliphatic carbocycles. The van der Waals surface area contributed by atoms with Gasteiger partial charge in [0.05, 0.1) is 14.2 Å². The number of rotatable bonds is 7. The second kappa shape index (κ2) is 7.09. The van der Waals surface area contributed by atoms with Crippen LogP contribution in [0, 0.1) is 0 Å². The van der Waals surface area contributed by atoms with E-state index in [4.69, 9.17) is 15.2 Å². The highest BCUT2D eigenvalue weighted by Crippen LogP contribution is 2.30. The van der Waals surface area contributed by atoms with Crippen molar-refractivity contribution in [3.8, 4) is 11.5 Å². The minimum Gasteiger partial charge on any atom is -0.493 e. The Morgan fingerprint density at radius 2 is 2.06 bits per heavy atom. The Bertz CT molecular complexity index is 316. The smallest absolute Gasteiger partial charge is 0.165 e. The van der Waals surface area contributed by atoms with Gasteiger partial charge in [-0.3, -0.25) is 0 Å². The lowest BCUT2D eigenvalue weighted by Crippen LogP contribution is -2.18. The number of hydrogen-bond donors (Lipinski definition) is 2. The third-order valence-electron chi connectivity index (χ3n) is 2.36. The third-order valence-corrected chi connectivity index (χ3v) is 2.36. The molecule has 0 heterocycles. The van der Waals surface area contributed by atoms with Gasteiger partial charge in [0.25, 0.3) is 0 Å². The number of hydrogen-bond acceptors (Lipinski definition) is 4. The molecular weight excluding hydrogens is 204 g/mol. The number of nitrogens with one attached hydrogen (secondary N) is 1. The standard InChI is InChI=1S/C12H20N2O2/c1-15-11-6-3-5-10(12(11)16-2)9-14-8-4-7-13/h3,5-6,14H,4,7-9,13H2,1-2H3. The second-order valence-electron chi connectivity index (χ2n) is 3.47. The first-order chi connectivity index (χ1) is 7.83. The fourth-order valence-corrected chi connectivity index (χ4v) is 1.54. The molecule has 4 nitrogen and oxygen atoms in total. The summed E-state index contributed by atoms with van der Waals surface area (Å²) in [5, 5.41) is 3.31. The summed E-state index contributed by atoms with van der Waals surface area (Å²) >= 11 is 0. The van der Waals surface area contributed by atoms with Crippen molar-refractivity contribution in [2.75, 3.05) is 27.3 Å². The minimum atomic E-state index is 0.711. The average molecular weight is 224 g/mol. The lowest BCUT2D eigenvalue weighted by Gasteiger charge is -2.12.